The summed E-state index contributed by atoms with van der Waals surface area (Å²) < 4.78 is 6.02. The Bertz CT molecular complexity index is 1350. The number of aliphatic imine (C=N–C) groups is 1. The van der Waals surface area contributed by atoms with Crippen molar-refractivity contribution in [1.82, 2.24) is 19.8 Å². The molecule has 224 valence electrons. The number of hydrogen-bond acceptors (Lipinski definition) is 8. The lowest BCUT2D eigenvalue weighted by Crippen LogP contribution is -2.49. The first-order chi connectivity index (χ1) is 20.4. The number of anilines is 2. The fourth-order valence-electron chi connectivity index (χ4n) is 7.59. The molecule has 1 saturated heterocycles. The molecular weight excluding hydrogens is 526 g/mol. The minimum Gasteiger partial charge on any atom is -0.494 e. The van der Waals surface area contributed by atoms with Crippen LogP contribution in [0.25, 0.3) is 0 Å². The molecular formula is C33H45N7O2. The summed E-state index contributed by atoms with van der Waals surface area (Å²) in [6, 6.07) is 4.94. The minimum absolute atomic E-state index is 0.0118. The Labute approximate surface area is 249 Å². The largest absolute Gasteiger partial charge is 0.494 e. The topological polar surface area (TPSA) is 109 Å². The van der Waals surface area contributed by atoms with Gasteiger partial charge in [0.1, 0.15) is 5.75 Å². The molecule has 9 heteroatoms. The second kappa shape index (κ2) is 12.5. The van der Waals surface area contributed by atoms with Crippen LogP contribution in [0.1, 0.15) is 49.3 Å². The zero-order chi connectivity index (χ0) is 29.2. The summed E-state index contributed by atoms with van der Waals surface area (Å²) in [7, 11) is 3.97. The summed E-state index contributed by atoms with van der Waals surface area (Å²) in [5.74, 6) is 2.12. The Morgan fingerprint density at radius 1 is 1.21 bits per heavy atom. The zero-order valence-corrected chi connectivity index (χ0v) is 25.3. The third-order valence-electron chi connectivity index (χ3n) is 9.86. The number of nitrogens with zero attached hydrogens (tertiary/aromatic N) is 5. The van der Waals surface area contributed by atoms with E-state index in [2.05, 4.69) is 58.4 Å². The number of piperazine rings is 1. The molecule has 1 aliphatic heterocycles. The van der Waals surface area contributed by atoms with Crippen molar-refractivity contribution in [3.8, 4) is 5.75 Å². The van der Waals surface area contributed by atoms with E-state index in [9.17, 15) is 4.79 Å². The Morgan fingerprint density at radius 2 is 2.02 bits per heavy atom. The number of methoxy groups -OCH3 is 1. The molecule has 5 atom stereocenters. The number of primary amides is 1. The highest BCUT2D eigenvalue weighted by atomic mass is 16.5. The van der Waals surface area contributed by atoms with Gasteiger partial charge in [0.05, 0.1) is 18.7 Å². The Hall–Kier alpha value is -3.30. The van der Waals surface area contributed by atoms with Crippen molar-refractivity contribution in [2.45, 2.75) is 57.9 Å². The van der Waals surface area contributed by atoms with Crippen molar-refractivity contribution in [1.29, 1.82) is 0 Å². The number of hydrogen-bond donors (Lipinski definition) is 2. The van der Waals surface area contributed by atoms with E-state index in [0.717, 1.165) is 81.7 Å². The number of nitrogens with one attached hydrogen (secondary N) is 1. The number of rotatable bonds is 9. The molecule has 1 saturated carbocycles. The first kappa shape index (κ1) is 28.8. The van der Waals surface area contributed by atoms with Crippen LogP contribution in [0.4, 0.5) is 17.5 Å². The van der Waals surface area contributed by atoms with Gasteiger partial charge in [0.25, 0.3) is 0 Å². The predicted octanol–water partition coefficient (Wildman–Crippen LogP) is 4.30. The van der Waals surface area contributed by atoms with Crippen molar-refractivity contribution >= 4 is 29.6 Å². The van der Waals surface area contributed by atoms with Gasteiger partial charge in [0.15, 0.2) is 5.82 Å². The molecule has 2 heterocycles. The summed E-state index contributed by atoms with van der Waals surface area (Å²) in [6.07, 6.45) is 15.3. The standard InChI is InChI=1S/C33H45N7O2/c1-4-6-24-19-36-33(38-32(24)35-20-27-21-9-10-23(17-21)29(27)31(34)41)37-28-12-11-22-18-25(40-15-13-39(2)14-16-40)7-5-8-26(22)30(28)42-3/h9-12,19-21,23,25,27,29H,4-8,13-18H2,1-3H3,(H2,34,41)(H,36,37,38). The molecule has 3 N–H and O–H groups in total. The first-order valence-corrected chi connectivity index (χ1v) is 15.7. The highest BCUT2D eigenvalue weighted by Crippen LogP contribution is 2.47. The van der Waals surface area contributed by atoms with Crippen LogP contribution in [0, 0.1) is 23.7 Å². The smallest absolute Gasteiger partial charge is 0.229 e. The normalized spacial score (nSPS) is 27.7. The van der Waals surface area contributed by atoms with Crippen molar-refractivity contribution in [3.05, 3.63) is 47.2 Å². The van der Waals surface area contributed by atoms with Gasteiger partial charge in [-0.25, -0.2) is 9.98 Å². The molecule has 2 bridgehead atoms. The van der Waals surface area contributed by atoms with E-state index in [4.69, 9.17) is 20.4 Å². The van der Waals surface area contributed by atoms with E-state index in [1.54, 1.807) is 7.11 Å². The summed E-state index contributed by atoms with van der Waals surface area (Å²) in [6.45, 7) is 6.71. The summed E-state index contributed by atoms with van der Waals surface area (Å²) in [4.78, 5) is 31.7. The molecule has 42 heavy (non-hydrogen) atoms. The van der Waals surface area contributed by atoms with E-state index >= 15 is 0 Å². The molecule has 0 radical (unpaired) electrons. The average Bonchev–Trinajstić information content (AvgIpc) is 3.53. The van der Waals surface area contributed by atoms with Gasteiger partial charge in [-0.05, 0) is 74.6 Å². The number of likely N-dealkylation sites (N-methyl/N-ethyl adjacent to an activating group) is 1. The number of carbonyl (C=O) groups is 1. The number of aromatic nitrogens is 2. The second-order valence-electron chi connectivity index (χ2n) is 12.5. The van der Waals surface area contributed by atoms with Gasteiger partial charge in [-0.1, -0.05) is 31.6 Å². The maximum absolute atomic E-state index is 12.2. The van der Waals surface area contributed by atoms with Crippen LogP contribution >= 0.6 is 0 Å². The summed E-state index contributed by atoms with van der Waals surface area (Å²) >= 11 is 0. The average molecular weight is 572 g/mol. The molecule has 4 aliphatic rings. The maximum Gasteiger partial charge on any atom is 0.229 e. The van der Waals surface area contributed by atoms with Gasteiger partial charge in [0.2, 0.25) is 11.9 Å². The lowest BCUT2D eigenvalue weighted by Gasteiger charge is -2.37. The second-order valence-corrected chi connectivity index (χ2v) is 12.5. The molecule has 2 fully saturated rings. The van der Waals surface area contributed by atoms with Crippen LogP contribution in [-0.4, -0.2) is 78.3 Å². The van der Waals surface area contributed by atoms with Crippen molar-refractivity contribution in [3.63, 3.8) is 0 Å². The number of allylic oxidation sites excluding steroid dienone is 2. The number of nitrogens with two attached hydrogens (primary N) is 1. The lowest BCUT2D eigenvalue weighted by atomic mass is 9.83. The Balaban J connectivity index is 1.23. The molecule has 5 unspecified atom stereocenters. The highest BCUT2D eigenvalue weighted by Gasteiger charge is 2.46. The number of fused-ring (bicyclic) bond motifs is 3. The maximum atomic E-state index is 12.2. The van der Waals surface area contributed by atoms with Crippen LogP contribution in [-0.2, 0) is 24.1 Å². The van der Waals surface area contributed by atoms with E-state index in [-0.39, 0.29) is 23.7 Å². The molecule has 3 aliphatic carbocycles. The van der Waals surface area contributed by atoms with E-state index in [1.165, 1.54) is 17.5 Å². The fraction of sp³-hybridized carbons (Fsp3) is 0.576. The van der Waals surface area contributed by atoms with Crippen molar-refractivity contribution in [2.24, 2.45) is 34.4 Å². The van der Waals surface area contributed by atoms with Crippen molar-refractivity contribution < 1.29 is 9.53 Å². The summed E-state index contributed by atoms with van der Waals surface area (Å²) in [5, 5.41) is 3.44. The Kier molecular flexibility index (Phi) is 8.58. The molecule has 1 amide bonds. The number of aryl methyl sites for hydroxylation is 1. The number of ether oxygens (including phenoxy) is 1. The van der Waals surface area contributed by atoms with Gasteiger partial charge < -0.3 is 20.7 Å². The fourth-order valence-corrected chi connectivity index (χ4v) is 7.59. The van der Waals surface area contributed by atoms with E-state index < -0.39 is 0 Å². The molecule has 0 spiro atoms. The number of carbonyl (C=O) groups excluding carboxylic acids is 1. The molecule has 1 aromatic carbocycles. The van der Waals surface area contributed by atoms with Gasteiger partial charge >= 0.3 is 0 Å². The Morgan fingerprint density at radius 3 is 2.79 bits per heavy atom. The van der Waals surface area contributed by atoms with Crippen LogP contribution in [0.3, 0.4) is 0 Å². The number of benzene rings is 1. The van der Waals surface area contributed by atoms with E-state index in [0.29, 0.717) is 23.7 Å². The quantitative estimate of drug-likeness (QED) is 0.262. The van der Waals surface area contributed by atoms with E-state index in [1.807, 2.05) is 12.4 Å². The predicted molar refractivity (Wildman–Crippen MR) is 167 cm³/mol. The van der Waals surface area contributed by atoms with Crippen LogP contribution in [0.5, 0.6) is 5.75 Å². The van der Waals surface area contributed by atoms with Gasteiger partial charge in [-0.3, -0.25) is 9.69 Å². The van der Waals surface area contributed by atoms with Crippen LogP contribution in [0.2, 0.25) is 0 Å². The van der Waals surface area contributed by atoms with Gasteiger partial charge in [-0.15, -0.1) is 0 Å². The lowest BCUT2D eigenvalue weighted by molar-refractivity contribution is -0.123. The van der Waals surface area contributed by atoms with Crippen LogP contribution in [0.15, 0.2) is 35.5 Å². The molecule has 1 aromatic heterocycles. The minimum atomic E-state index is -0.243. The molecule has 9 nitrogen and oxygen atoms in total. The third kappa shape index (κ3) is 5.81. The SMILES string of the molecule is CCCc1cnc(Nc2ccc3c(c2OC)CCCC(N2CCN(C)CC2)C3)nc1N=CC1C2C=CC(C2)C1C(N)=O. The van der Waals surface area contributed by atoms with Crippen LogP contribution < -0.4 is 15.8 Å². The molecule has 6 rings (SSSR count). The molecule has 2 aromatic rings. The van der Waals surface area contributed by atoms with Gasteiger partial charge in [0, 0.05) is 56.1 Å². The third-order valence-corrected chi connectivity index (χ3v) is 9.86. The van der Waals surface area contributed by atoms with Gasteiger partial charge in [-0.2, -0.15) is 4.98 Å². The van der Waals surface area contributed by atoms with Crippen molar-refractivity contribution in [2.75, 3.05) is 45.7 Å². The summed E-state index contributed by atoms with van der Waals surface area (Å²) in [5.41, 5.74) is 10.3. The highest BCUT2D eigenvalue weighted by molar-refractivity contribution is 5.84. The zero-order valence-electron chi connectivity index (χ0n) is 25.3. The number of amides is 1. The monoisotopic (exact) mass is 571 g/mol. The first-order valence-electron chi connectivity index (χ1n) is 15.7.